The van der Waals surface area contributed by atoms with Gasteiger partial charge in [0.2, 0.25) is 0 Å². The van der Waals surface area contributed by atoms with Crippen molar-refractivity contribution in [1.82, 2.24) is 15.2 Å². The van der Waals surface area contributed by atoms with Gasteiger partial charge in [0.25, 0.3) is 5.91 Å². The lowest BCUT2D eigenvalue weighted by atomic mass is 9.92. The van der Waals surface area contributed by atoms with Gasteiger partial charge in [0.15, 0.2) is 0 Å². The van der Waals surface area contributed by atoms with Crippen molar-refractivity contribution in [3.05, 3.63) is 40.7 Å². The molecule has 1 aliphatic rings. The van der Waals surface area contributed by atoms with Crippen LogP contribution in [0.3, 0.4) is 0 Å². The molecule has 1 aliphatic heterocycles. The molecule has 1 N–H and O–H groups in total. The van der Waals surface area contributed by atoms with Gasteiger partial charge in [-0.25, -0.2) is 9.37 Å². The highest BCUT2D eigenvalue weighted by Crippen LogP contribution is 2.28. The number of nitrogens with one attached hydrogen (secondary N) is 1. The van der Waals surface area contributed by atoms with E-state index in [0.717, 1.165) is 42.0 Å². The zero-order valence-electron chi connectivity index (χ0n) is 15.6. The Morgan fingerprint density at radius 2 is 1.92 bits per heavy atom. The predicted octanol–water partition coefficient (Wildman–Crippen LogP) is 3.97. The van der Waals surface area contributed by atoms with Crippen molar-refractivity contribution >= 4 is 17.2 Å². The minimum atomic E-state index is -0.277. The Kier molecular flexibility index (Phi) is 6.04. The Morgan fingerprint density at radius 3 is 2.58 bits per heavy atom. The van der Waals surface area contributed by atoms with Crippen molar-refractivity contribution in [3.63, 3.8) is 0 Å². The molecule has 4 nitrogen and oxygen atoms in total. The summed E-state index contributed by atoms with van der Waals surface area (Å²) in [5.74, 6) is 1.08. The highest BCUT2D eigenvalue weighted by Gasteiger charge is 2.22. The number of nitrogens with zero attached hydrogens (tertiary/aromatic N) is 2. The van der Waals surface area contributed by atoms with Crippen LogP contribution in [0.15, 0.2) is 24.3 Å². The summed E-state index contributed by atoms with van der Waals surface area (Å²) < 4.78 is 13.1. The van der Waals surface area contributed by atoms with Gasteiger partial charge in [-0.15, -0.1) is 11.3 Å². The van der Waals surface area contributed by atoms with Gasteiger partial charge >= 0.3 is 0 Å². The smallest absolute Gasteiger partial charge is 0.263 e. The SMILES string of the molecule is Cc1nc(-c2ccc(F)cc2)sc1C(=O)NCCN1CC(C)CC(C)C1. The molecule has 1 aromatic heterocycles. The van der Waals surface area contributed by atoms with Gasteiger partial charge in [-0.3, -0.25) is 4.79 Å². The molecule has 0 saturated carbocycles. The van der Waals surface area contributed by atoms with E-state index in [4.69, 9.17) is 0 Å². The number of hydrogen-bond acceptors (Lipinski definition) is 4. The van der Waals surface area contributed by atoms with Crippen LogP contribution in [0.25, 0.3) is 10.6 Å². The lowest BCUT2D eigenvalue weighted by Crippen LogP contribution is -2.42. The summed E-state index contributed by atoms with van der Waals surface area (Å²) >= 11 is 1.35. The van der Waals surface area contributed by atoms with Crippen LogP contribution >= 0.6 is 11.3 Å². The first kappa shape index (κ1) is 19.0. The van der Waals surface area contributed by atoms with Crippen LogP contribution in [0.1, 0.15) is 35.6 Å². The Hall–Kier alpha value is -1.79. The van der Waals surface area contributed by atoms with E-state index >= 15 is 0 Å². The fraction of sp³-hybridized carbons (Fsp3) is 0.500. The Labute approximate surface area is 158 Å². The summed E-state index contributed by atoms with van der Waals surface area (Å²) in [6.07, 6.45) is 1.29. The summed E-state index contributed by atoms with van der Waals surface area (Å²) in [7, 11) is 0. The predicted molar refractivity (Wildman–Crippen MR) is 104 cm³/mol. The molecule has 6 heteroatoms. The maximum Gasteiger partial charge on any atom is 0.263 e. The molecule has 0 spiro atoms. The number of amides is 1. The van der Waals surface area contributed by atoms with E-state index in [-0.39, 0.29) is 11.7 Å². The van der Waals surface area contributed by atoms with Gasteiger partial charge in [0.1, 0.15) is 15.7 Å². The number of benzene rings is 1. The van der Waals surface area contributed by atoms with E-state index in [9.17, 15) is 9.18 Å². The van der Waals surface area contributed by atoms with Crippen LogP contribution in [0, 0.1) is 24.6 Å². The third-order valence-electron chi connectivity index (χ3n) is 4.75. The molecule has 2 unspecified atom stereocenters. The quantitative estimate of drug-likeness (QED) is 0.860. The summed E-state index contributed by atoms with van der Waals surface area (Å²) in [5, 5.41) is 3.76. The molecule has 3 rings (SSSR count). The maximum atomic E-state index is 13.1. The topological polar surface area (TPSA) is 45.2 Å². The van der Waals surface area contributed by atoms with Crippen molar-refractivity contribution in [2.24, 2.45) is 11.8 Å². The van der Waals surface area contributed by atoms with Crippen LogP contribution in [0.5, 0.6) is 0 Å². The van der Waals surface area contributed by atoms with Gasteiger partial charge in [0.05, 0.1) is 5.69 Å². The molecule has 26 heavy (non-hydrogen) atoms. The van der Waals surface area contributed by atoms with Crippen LogP contribution in [0.2, 0.25) is 0 Å². The molecule has 0 bridgehead atoms. The number of likely N-dealkylation sites (tertiary alicyclic amines) is 1. The number of carbonyl (C=O) groups is 1. The number of rotatable bonds is 5. The average molecular weight is 376 g/mol. The Bertz CT molecular complexity index is 749. The maximum absolute atomic E-state index is 13.1. The lowest BCUT2D eigenvalue weighted by molar-refractivity contribution is 0.0940. The van der Waals surface area contributed by atoms with E-state index in [2.05, 4.69) is 29.0 Å². The normalized spacial score (nSPS) is 20.9. The Balaban J connectivity index is 1.57. The highest BCUT2D eigenvalue weighted by atomic mass is 32.1. The number of aromatic nitrogens is 1. The second kappa shape index (κ2) is 8.27. The average Bonchev–Trinajstić information content (AvgIpc) is 2.96. The third-order valence-corrected chi connectivity index (χ3v) is 5.96. The number of halogens is 1. The first-order chi connectivity index (χ1) is 12.4. The summed E-state index contributed by atoms with van der Waals surface area (Å²) in [5.41, 5.74) is 1.54. The standard InChI is InChI=1S/C20H26FN3OS/c1-13-10-14(2)12-24(11-13)9-8-22-19(25)18-15(3)23-20(26-18)16-4-6-17(21)7-5-16/h4-7,13-14H,8-12H2,1-3H3,(H,22,25). The minimum Gasteiger partial charge on any atom is -0.350 e. The van der Waals surface area contributed by atoms with Crippen molar-refractivity contribution in [2.45, 2.75) is 27.2 Å². The van der Waals surface area contributed by atoms with E-state index in [0.29, 0.717) is 17.1 Å². The third kappa shape index (κ3) is 4.68. The van der Waals surface area contributed by atoms with E-state index in [1.807, 2.05) is 6.92 Å². The molecule has 140 valence electrons. The lowest BCUT2D eigenvalue weighted by Gasteiger charge is -2.34. The number of piperidine rings is 1. The molecular weight excluding hydrogens is 349 g/mol. The Morgan fingerprint density at radius 1 is 1.27 bits per heavy atom. The summed E-state index contributed by atoms with van der Waals surface area (Å²) in [6.45, 7) is 10.2. The fourth-order valence-electron chi connectivity index (χ4n) is 3.71. The van der Waals surface area contributed by atoms with E-state index in [1.54, 1.807) is 12.1 Å². The van der Waals surface area contributed by atoms with Crippen molar-refractivity contribution in [3.8, 4) is 10.6 Å². The molecular formula is C20H26FN3OS. The van der Waals surface area contributed by atoms with Crippen LogP contribution < -0.4 is 5.32 Å². The molecule has 0 aliphatic carbocycles. The molecule has 2 atom stereocenters. The second-order valence-electron chi connectivity index (χ2n) is 7.40. The van der Waals surface area contributed by atoms with Crippen molar-refractivity contribution in [2.75, 3.05) is 26.2 Å². The first-order valence-electron chi connectivity index (χ1n) is 9.16. The van der Waals surface area contributed by atoms with Gasteiger partial charge in [-0.1, -0.05) is 13.8 Å². The van der Waals surface area contributed by atoms with Gasteiger partial charge in [0, 0.05) is 31.7 Å². The molecule has 1 fully saturated rings. The molecule has 2 aromatic rings. The zero-order chi connectivity index (χ0) is 18.7. The van der Waals surface area contributed by atoms with E-state index in [1.165, 1.54) is 29.9 Å². The number of hydrogen-bond donors (Lipinski definition) is 1. The second-order valence-corrected chi connectivity index (χ2v) is 8.40. The molecule has 1 aromatic carbocycles. The summed E-state index contributed by atoms with van der Waals surface area (Å²) in [4.78, 5) is 20.1. The van der Waals surface area contributed by atoms with Crippen LogP contribution in [-0.4, -0.2) is 42.0 Å². The first-order valence-corrected chi connectivity index (χ1v) is 9.98. The van der Waals surface area contributed by atoms with Crippen molar-refractivity contribution in [1.29, 1.82) is 0 Å². The van der Waals surface area contributed by atoms with Gasteiger partial charge in [-0.05, 0) is 49.4 Å². The van der Waals surface area contributed by atoms with Crippen molar-refractivity contribution < 1.29 is 9.18 Å². The number of thiazole rings is 1. The fourth-order valence-corrected chi connectivity index (χ4v) is 4.69. The molecule has 1 amide bonds. The van der Waals surface area contributed by atoms with Gasteiger partial charge in [-0.2, -0.15) is 0 Å². The van der Waals surface area contributed by atoms with Gasteiger partial charge < -0.3 is 10.2 Å². The molecule has 0 radical (unpaired) electrons. The van der Waals surface area contributed by atoms with Crippen LogP contribution in [0.4, 0.5) is 4.39 Å². The number of carbonyl (C=O) groups excluding carboxylic acids is 1. The molecule has 1 saturated heterocycles. The zero-order valence-corrected chi connectivity index (χ0v) is 16.4. The minimum absolute atomic E-state index is 0.0773. The highest BCUT2D eigenvalue weighted by molar-refractivity contribution is 7.17. The monoisotopic (exact) mass is 375 g/mol. The largest absolute Gasteiger partial charge is 0.350 e. The van der Waals surface area contributed by atoms with Crippen LogP contribution in [-0.2, 0) is 0 Å². The van der Waals surface area contributed by atoms with E-state index < -0.39 is 0 Å². The summed E-state index contributed by atoms with van der Waals surface area (Å²) in [6, 6.07) is 6.20. The molecule has 2 heterocycles. The number of aryl methyl sites for hydroxylation is 1.